The molecule has 0 aliphatic rings. The van der Waals surface area contributed by atoms with Crippen LogP contribution >= 0.6 is 0 Å². The molecule has 3 N–H and O–H groups in total. The van der Waals surface area contributed by atoms with Gasteiger partial charge in [-0.1, -0.05) is 55.4 Å². The molecule has 0 spiro atoms. The van der Waals surface area contributed by atoms with E-state index in [1.807, 2.05) is 62.3 Å². The number of carbonyl (C=O) groups is 1. The Morgan fingerprint density at radius 3 is 1.21 bits per heavy atom. The Kier molecular flexibility index (Phi) is 178. The molecule has 3 nitrogen and oxygen atoms in total. The van der Waals surface area contributed by atoms with Crippen molar-refractivity contribution in [1.29, 1.82) is 0 Å². The fourth-order valence-corrected chi connectivity index (χ4v) is 0.174. The summed E-state index contributed by atoms with van der Waals surface area (Å²) in [5.41, 5.74) is 4.65. The van der Waals surface area contributed by atoms with Gasteiger partial charge in [-0.25, -0.2) is 4.79 Å². The van der Waals surface area contributed by atoms with E-state index in [1.54, 1.807) is 0 Å². The molecule has 0 aliphatic heterocycles. The number of amides is 2. The number of urea groups is 1. The van der Waals surface area contributed by atoms with Gasteiger partial charge in [-0.05, 0) is 6.92 Å². The lowest BCUT2D eigenvalue weighted by Gasteiger charge is -1.88. The molecule has 0 aromatic carbocycles. The average Bonchev–Trinajstić information content (AvgIpc) is 2.29. The summed E-state index contributed by atoms with van der Waals surface area (Å²) in [5, 5.41) is 2.35. The van der Waals surface area contributed by atoms with Crippen LogP contribution in [0.25, 0.3) is 0 Å². The Bertz CT molecular complexity index is 62.5. The minimum absolute atomic E-state index is 0. The topological polar surface area (TPSA) is 55.1 Å². The summed E-state index contributed by atoms with van der Waals surface area (Å²) in [6.45, 7) is 18.4. The molecule has 94 valence electrons. The van der Waals surface area contributed by atoms with Crippen molar-refractivity contribution in [1.82, 2.24) is 5.32 Å². The number of rotatable bonds is 1. The number of nitrogens with two attached hydrogens (primary N) is 1. The normalized spacial score (nSPS) is 4.93. The lowest BCUT2D eigenvalue weighted by atomic mass is 10.7. The molecule has 0 aromatic rings. The Balaban J connectivity index is -0.0000000194. The second-order valence-electron chi connectivity index (χ2n) is 0.895. The van der Waals surface area contributed by atoms with E-state index in [0.717, 1.165) is 0 Å². The largest absolute Gasteiger partial charge is 0.352 e. The van der Waals surface area contributed by atoms with E-state index in [9.17, 15) is 4.79 Å². The van der Waals surface area contributed by atoms with Crippen LogP contribution in [0.3, 0.4) is 0 Å². The van der Waals surface area contributed by atoms with Gasteiger partial charge in [-0.2, -0.15) is 0 Å². The molecule has 14 heavy (non-hydrogen) atoms. The fraction of sp³-hybridized carbons (Fsp3) is 0.909. The molecule has 0 radical (unpaired) electrons. The average molecular weight is 210 g/mol. The lowest BCUT2D eigenvalue weighted by Crippen LogP contribution is -2.28. The van der Waals surface area contributed by atoms with Gasteiger partial charge in [0.1, 0.15) is 0 Å². The van der Waals surface area contributed by atoms with Crippen molar-refractivity contribution in [2.75, 3.05) is 6.54 Å². The summed E-state index contributed by atoms with van der Waals surface area (Å²) < 4.78 is 0. The van der Waals surface area contributed by atoms with E-state index in [4.69, 9.17) is 0 Å². The van der Waals surface area contributed by atoms with Crippen molar-refractivity contribution >= 4 is 6.03 Å². The molecule has 0 bridgehead atoms. The van der Waals surface area contributed by atoms with Crippen LogP contribution in [0.1, 0.15) is 63.7 Å². The molecule has 0 aliphatic carbocycles. The highest BCUT2D eigenvalue weighted by Crippen LogP contribution is 1.49. The third-order valence-electron chi connectivity index (χ3n) is 0.351. The predicted octanol–water partition coefficient (Wildman–Crippen LogP) is 4.03. The molecule has 2 amide bonds. The zero-order valence-electron chi connectivity index (χ0n) is 11.7. The van der Waals surface area contributed by atoms with E-state index in [2.05, 4.69) is 11.1 Å². The van der Waals surface area contributed by atoms with E-state index < -0.39 is 6.03 Å². The quantitative estimate of drug-likeness (QED) is 0.674. The lowest BCUT2D eigenvalue weighted by molar-refractivity contribution is 0.249. The number of hydrogen-bond donors (Lipinski definition) is 2. The Labute approximate surface area is 92.9 Å². The minimum Gasteiger partial charge on any atom is -0.352 e. The molecular weight excluding hydrogens is 176 g/mol. The Morgan fingerprint density at radius 2 is 1.21 bits per heavy atom. The summed E-state index contributed by atoms with van der Waals surface area (Å²) in [6, 6.07) is -0.461. The summed E-state index contributed by atoms with van der Waals surface area (Å²) >= 11 is 0. The molecule has 0 rings (SSSR count). The zero-order chi connectivity index (χ0) is 13.0. The van der Waals surface area contributed by atoms with Crippen LogP contribution < -0.4 is 11.1 Å². The molecule has 0 fully saturated rings. The number of carbonyl (C=O) groups excluding carboxylic acids is 1. The maximum Gasteiger partial charge on any atom is 0.312 e. The van der Waals surface area contributed by atoms with E-state index in [-0.39, 0.29) is 1.43 Å². The molecule has 3 heteroatoms. The molecule has 0 saturated heterocycles. The van der Waals surface area contributed by atoms with Crippen LogP contribution in [0.15, 0.2) is 0 Å². The minimum atomic E-state index is -0.461. The van der Waals surface area contributed by atoms with Crippen LogP contribution in [0.4, 0.5) is 4.79 Å². The van der Waals surface area contributed by atoms with Gasteiger partial charge in [0, 0.05) is 7.97 Å². The second-order valence-corrected chi connectivity index (χ2v) is 0.895. The van der Waals surface area contributed by atoms with Gasteiger partial charge in [-0.15, -0.1) is 0 Å². The van der Waals surface area contributed by atoms with Gasteiger partial charge >= 0.3 is 6.03 Å². The SMILES string of the molecule is CC.CC.CC.CC.CCNC(N)=O.[HH]. The summed E-state index contributed by atoms with van der Waals surface area (Å²) in [5.74, 6) is 0. The highest BCUT2D eigenvalue weighted by Gasteiger charge is 1.79. The van der Waals surface area contributed by atoms with Gasteiger partial charge in [0.2, 0.25) is 0 Å². The summed E-state index contributed by atoms with van der Waals surface area (Å²) in [7, 11) is 0. The first-order valence-electron chi connectivity index (χ1n) is 5.80. The second kappa shape index (κ2) is 85.5. The van der Waals surface area contributed by atoms with Gasteiger partial charge in [0.25, 0.3) is 0 Å². The standard InChI is InChI=1S/C3H8N2O.4C2H6.H2/c1-2-5-3(4)6;4*1-2;/h2H2,1H3,(H3,4,5,6);4*1-2H3;1H. The first-order chi connectivity index (χ1) is 6.77. The highest BCUT2D eigenvalue weighted by molar-refractivity contribution is 5.71. The summed E-state index contributed by atoms with van der Waals surface area (Å²) in [6.07, 6.45) is 0. The van der Waals surface area contributed by atoms with Crippen LogP contribution in [0, 0.1) is 0 Å². The monoisotopic (exact) mass is 210 g/mol. The first-order valence-corrected chi connectivity index (χ1v) is 5.80. The highest BCUT2D eigenvalue weighted by atomic mass is 16.2. The summed E-state index contributed by atoms with van der Waals surface area (Å²) in [4.78, 5) is 9.71. The Hall–Kier alpha value is -0.730. The molecule has 0 heterocycles. The molecular formula is C11H34N2O. The smallest absolute Gasteiger partial charge is 0.312 e. The van der Waals surface area contributed by atoms with Crippen LogP contribution in [0.2, 0.25) is 0 Å². The molecule has 0 unspecified atom stereocenters. The van der Waals surface area contributed by atoms with Crippen molar-refractivity contribution in [3.63, 3.8) is 0 Å². The maximum absolute atomic E-state index is 9.71. The van der Waals surface area contributed by atoms with Crippen molar-refractivity contribution in [2.24, 2.45) is 5.73 Å². The van der Waals surface area contributed by atoms with Gasteiger partial charge in [0.15, 0.2) is 0 Å². The third kappa shape index (κ3) is 231. The Morgan fingerprint density at radius 1 is 1.00 bits per heavy atom. The van der Waals surface area contributed by atoms with Crippen molar-refractivity contribution in [2.45, 2.75) is 62.3 Å². The van der Waals surface area contributed by atoms with Crippen LogP contribution in [0.5, 0.6) is 0 Å². The predicted molar refractivity (Wildman–Crippen MR) is 70.8 cm³/mol. The number of nitrogens with one attached hydrogen (secondary N) is 1. The fourth-order valence-electron chi connectivity index (χ4n) is 0.174. The van der Waals surface area contributed by atoms with Crippen molar-refractivity contribution in [3.8, 4) is 0 Å². The molecule has 0 aromatic heterocycles. The number of primary amides is 1. The molecule has 0 saturated carbocycles. The zero-order valence-corrected chi connectivity index (χ0v) is 11.7. The van der Waals surface area contributed by atoms with Crippen molar-refractivity contribution < 1.29 is 6.22 Å². The van der Waals surface area contributed by atoms with Gasteiger partial charge in [-0.3, -0.25) is 0 Å². The maximum atomic E-state index is 9.71. The molecule has 0 atom stereocenters. The van der Waals surface area contributed by atoms with Crippen LogP contribution in [-0.2, 0) is 0 Å². The van der Waals surface area contributed by atoms with Gasteiger partial charge in [0.05, 0.1) is 0 Å². The first kappa shape index (κ1) is 29.2. The van der Waals surface area contributed by atoms with Gasteiger partial charge < -0.3 is 11.1 Å². The third-order valence-corrected chi connectivity index (χ3v) is 0.351. The van der Waals surface area contributed by atoms with E-state index in [0.29, 0.717) is 6.54 Å². The number of hydrogen-bond acceptors (Lipinski definition) is 1. The van der Waals surface area contributed by atoms with Crippen molar-refractivity contribution in [3.05, 3.63) is 0 Å². The van der Waals surface area contributed by atoms with E-state index in [1.165, 1.54) is 0 Å². The van der Waals surface area contributed by atoms with E-state index >= 15 is 0 Å². The van der Waals surface area contributed by atoms with Crippen LogP contribution in [-0.4, -0.2) is 12.6 Å².